The van der Waals surface area contributed by atoms with Gasteiger partial charge in [-0.25, -0.2) is 0 Å². The fourth-order valence-corrected chi connectivity index (χ4v) is 4.74. The zero-order valence-corrected chi connectivity index (χ0v) is 18.3. The number of nitro benzene ring substituents is 1. The number of halogens is 1. The van der Waals surface area contributed by atoms with Gasteiger partial charge in [-0.3, -0.25) is 24.7 Å². The number of carbonyl (C=O) groups excluding carboxylic acids is 1. The maximum atomic E-state index is 12.6. The second-order valence-electron chi connectivity index (χ2n) is 8.37. The molecule has 0 radical (unpaired) electrons. The summed E-state index contributed by atoms with van der Waals surface area (Å²) in [4.78, 5) is 27.5. The van der Waals surface area contributed by atoms with Crippen LogP contribution in [0.15, 0.2) is 18.2 Å². The second-order valence-corrected chi connectivity index (χ2v) is 8.77. The Balaban J connectivity index is 1.55. The van der Waals surface area contributed by atoms with E-state index >= 15 is 0 Å². The van der Waals surface area contributed by atoms with Crippen molar-refractivity contribution in [2.24, 2.45) is 0 Å². The first-order chi connectivity index (χ1) is 14.4. The average Bonchev–Trinajstić information content (AvgIpc) is 2.75. The van der Waals surface area contributed by atoms with Gasteiger partial charge in [0.15, 0.2) is 0 Å². The maximum Gasteiger partial charge on any atom is 0.269 e. The molecule has 1 aromatic rings. The molecule has 9 heteroatoms. The molecule has 0 atom stereocenters. The molecule has 0 spiro atoms. The molecule has 1 N–H and O–H groups in total. The van der Waals surface area contributed by atoms with Crippen molar-refractivity contribution in [1.29, 1.82) is 0 Å². The molecule has 1 saturated heterocycles. The van der Waals surface area contributed by atoms with Crippen molar-refractivity contribution >= 4 is 23.2 Å². The van der Waals surface area contributed by atoms with Crippen LogP contribution in [0.4, 0.5) is 5.69 Å². The molecule has 0 aromatic heterocycles. The lowest BCUT2D eigenvalue weighted by molar-refractivity contribution is -0.384. The second kappa shape index (κ2) is 10.5. The Bertz CT molecular complexity index is 749. The molecule has 1 aliphatic heterocycles. The summed E-state index contributed by atoms with van der Waals surface area (Å²) in [5, 5.41) is 14.6. The summed E-state index contributed by atoms with van der Waals surface area (Å²) in [6.07, 6.45) is 5.85. The minimum atomic E-state index is -0.443. The van der Waals surface area contributed by atoms with Crippen LogP contribution in [-0.4, -0.2) is 72.6 Å². The summed E-state index contributed by atoms with van der Waals surface area (Å²) in [7, 11) is 1.81. The average molecular weight is 439 g/mol. The number of hydrogen-bond acceptors (Lipinski definition) is 6. The largest absolute Gasteiger partial charge is 0.379 e. The Morgan fingerprint density at radius 2 is 2.00 bits per heavy atom. The third-order valence-electron chi connectivity index (χ3n) is 6.17. The van der Waals surface area contributed by atoms with Crippen LogP contribution in [0.25, 0.3) is 0 Å². The molecule has 0 bridgehead atoms. The SMILES string of the molecule is CN(CC(=O)NCC1(N2CCOCC2)CCCCC1)Cc1cc([N+](=O)[O-])ccc1Cl. The van der Waals surface area contributed by atoms with Gasteiger partial charge in [0.25, 0.3) is 5.69 Å². The van der Waals surface area contributed by atoms with Crippen molar-refractivity contribution in [3.63, 3.8) is 0 Å². The van der Waals surface area contributed by atoms with Crippen LogP contribution in [0, 0.1) is 10.1 Å². The molecule has 0 unspecified atom stereocenters. The topological polar surface area (TPSA) is 88.0 Å². The highest BCUT2D eigenvalue weighted by Crippen LogP contribution is 2.34. The molecule has 166 valence electrons. The van der Waals surface area contributed by atoms with Crippen molar-refractivity contribution in [3.8, 4) is 0 Å². The number of benzene rings is 1. The fourth-order valence-electron chi connectivity index (χ4n) is 4.56. The molecule has 1 heterocycles. The molecule has 30 heavy (non-hydrogen) atoms. The highest BCUT2D eigenvalue weighted by molar-refractivity contribution is 6.31. The van der Waals surface area contributed by atoms with Crippen molar-refractivity contribution in [3.05, 3.63) is 38.9 Å². The van der Waals surface area contributed by atoms with Gasteiger partial charge in [-0.1, -0.05) is 30.9 Å². The third kappa shape index (κ3) is 5.91. The molecule has 2 aliphatic rings. The van der Waals surface area contributed by atoms with Gasteiger partial charge in [0, 0.05) is 48.9 Å². The number of hydrogen-bond donors (Lipinski definition) is 1. The summed E-state index contributed by atoms with van der Waals surface area (Å²) >= 11 is 6.18. The fraction of sp³-hybridized carbons (Fsp3) is 0.667. The van der Waals surface area contributed by atoms with E-state index < -0.39 is 4.92 Å². The highest BCUT2D eigenvalue weighted by atomic mass is 35.5. The lowest BCUT2D eigenvalue weighted by Gasteiger charge is -2.48. The molecule has 1 amide bonds. The zero-order chi connectivity index (χ0) is 21.6. The van der Waals surface area contributed by atoms with Crippen LogP contribution in [0.5, 0.6) is 0 Å². The monoisotopic (exact) mass is 438 g/mol. The number of carbonyl (C=O) groups is 1. The first-order valence-corrected chi connectivity index (χ1v) is 11.0. The van der Waals surface area contributed by atoms with Gasteiger partial charge in [0.05, 0.1) is 24.7 Å². The predicted molar refractivity (Wildman–Crippen MR) is 116 cm³/mol. The lowest BCUT2D eigenvalue weighted by Crippen LogP contribution is -2.60. The van der Waals surface area contributed by atoms with Gasteiger partial charge >= 0.3 is 0 Å². The Morgan fingerprint density at radius 1 is 1.30 bits per heavy atom. The highest BCUT2D eigenvalue weighted by Gasteiger charge is 2.38. The Hall–Kier alpha value is -1.74. The molecule has 3 rings (SSSR count). The molecule has 2 fully saturated rings. The number of ether oxygens (including phenoxy) is 1. The zero-order valence-electron chi connectivity index (χ0n) is 17.6. The van der Waals surface area contributed by atoms with E-state index in [1.54, 1.807) is 0 Å². The van der Waals surface area contributed by atoms with Gasteiger partial charge < -0.3 is 10.1 Å². The van der Waals surface area contributed by atoms with E-state index in [1.165, 1.54) is 37.5 Å². The van der Waals surface area contributed by atoms with Crippen LogP contribution in [0.1, 0.15) is 37.7 Å². The number of morpholine rings is 1. The lowest BCUT2D eigenvalue weighted by atomic mass is 9.79. The molecular formula is C21H31ClN4O4. The summed E-state index contributed by atoms with van der Waals surface area (Å²) < 4.78 is 5.51. The first kappa shape index (κ1) is 22.9. The van der Waals surface area contributed by atoms with Crippen LogP contribution >= 0.6 is 11.6 Å². The third-order valence-corrected chi connectivity index (χ3v) is 6.54. The predicted octanol–water partition coefficient (Wildman–Crippen LogP) is 2.83. The minimum absolute atomic E-state index is 0.00278. The van der Waals surface area contributed by atoms with Gasteiger partial charge in [-0.15, -0.1) is 0 Å². The molecule has 1 aliphatic carbocycles. The standard InChI is InChI=1S/C21H31ClN4O4/c1-24(14-17-13-18(26(28)29)5-6-19(17)22)15-20(27)23-16-21(7-3-2-4-8-21)25-9-11-30-12-10-25/h5-6,13H,2-4,7-12,14-16H2,1H3,(H,23,27). The number of likely N-dealkylation sites (N-methyl/N-ethyl adjacent to an activating group) is 1. The van der Waals surface area contributed by atoms with Crippen LogP contribution < -0.4 is 5.32 Å². The Morgan fingerprint density at radius 3 is 2.67 bits per heavy atom. The summed E-state index contributed by atoms with van der Waals surface area (Å²) in [5.41, 5.74) is 0.662. The number of nitrogens with zero attached hydrogens (tertiary/aromatic N) is 3. The van der Waals surface area contributed by atoms with E-state index in [9.17, 15) is 14.9 Å². The van der Waals surface area contributed by atoms with E-state index in [0.717, 1.165) is 39.1 Å². The van der Waals surface area contributed by atoms with Crippen molar-refractivity contribution < 1.29 is 14.5 Å². The normalized spacial score (nSPS) is 19.6. The van der Waals surface area contributed by atoms with Crippen LogP contribution in [0.3, 0.4) is 0 Å². The van der Waals surface area contributed by atoms with E-state index in [1.807, 2.05) is 11.9 Å². The van der Waals surface area contributed by atoms with Crippen LogP contribution in [-0.2, 0) is 16.1 Å². The van der Waals surface area contributed by atoms with Crippen molar-refractivity contribution in [1.82, 2.24) is 15.1 Å². The number of nitrogens with one attached hydrogen (secondary N) is 1. The van der Waals surface area contributed by atoms with Gasteiger partial charge in [-0.05, 0) is 31.5 Å². The van der Waals surface area contributed by atoms with Crippen LogP contribution in [0.2, 0.25) is 5.02 Å². The summed E-state index contributed by atoms with van der Waals surface area (Å²) in [6.45, 7) is 4.56. The quantitative estimate of drug-likeness (QED) is 0.496. The van der Waals surface area contributed by atoms with Gasteiger partial charge in [0.1, 0.15) is 0 Å². The minimum Gasteiger partial charge on any atom is -0.379 e. The number of nitro groups is 1. The first-order valence-electron chi connectivity index (χ1n) is 10.6. The van der Waals surface area contributed by atoms with E-state index in [4.69, 9.17) is 16.3 Å². The molecule has 8 nitrogen and oxygen atoms in total. The molecule has 1 aromatic carbocycles. The maximum absolute atomic E-state index is 12.6. The van der Waals surface area contributed by atoms with E-state index in [2.05, 4.69) is 10.2 Å². The number of amides is 1. The number of rotatable bonds is 8. The summed E-state index contributed by atoms with van der Waals surface area (Å²) in [6, 6.07) is 4.37. The molecule has 1 saturated carbocycles. The smallest absolute Gasteiger partial charge is 0.269 e. The number of non-ortho nitro benzene ring substituents is 1. The Kier molecular flexibility index (Phi) is 8.05. The van der Waals surface area contributed by atoms with Gasteiger partial charge in [-0.2, -0.15) is 0 Å². The van der Waals surface area contributed by atoms with E-state index in [0.29, 0.717) is 23.7 Å². The van der Waals surface area contributed by atoms with E-state index in [-0.39, 0.29) is 23.7 Å². The van der Waals surface area contributed by atoms with Crippen molar-refractivity contribution in [2.75, 3.05) is 46.4 Å². The summed E-state index contributed by atoms with van der Waals surface area (Å²) in [5.74, 6) is -0.0442. The van der Waals surface area contributed by atoms with Crippen molar-refractivity contribution in [2.45, 2.75) is 44.2 Å². The Labute approximate surface area is 182 Å². The molecular weight excluding hydrogens is 408 g/mol. The van der Waals surface area contributed by atoms with Gasteiger partial charge in [0.2, 0.25) is 5.91 Å².